The molecule has 1 aromatic rings. The van der Waals surface area contributed by atoms with E-state index in [-0.39, 0.29) is 18.5 Å². The second kappa shape index (κ2) is 7.79. The first-order valence-electron chi connectivity index (χ1n) is 7.76. The average molecular weight is 340 g/mol. The summed E-state index contributed by atoms with van der Waals surface area (Å²) in [4.78, 5) is 14.4. The number of likely N-dealkylation sites (tertiary alicyclic amines) is 1. The van der Waals surface area contributed by atoms with Gasteiger partial charge in [0, 0.05) is 19.1 Å². The van der Waals surface area contributed by atoms with Crippen molar-refractivity contribution in [1.82, 2.24) is 9.62 Å². The summed E-state index contributed by atoms with van der Waals surface area (Å²) >= 11 is 0. The summed E-state index contributed by atoms with van der Waals surface area (Å²) in [5, 5.41) is 0. The van der Waals surface area contributed by atoms with Crippen LogP contribution in [0.4, 0.5) is 0 Å². The van der Waals surface area contributed by atoms with Crippen LogP contribution in [0, 0.1) is 0 Å². The van der Waals surface area contributed by atoms with Crippen LogP contribution in [0.1, 0.15) is 24.8 Å². The van der Waals surface area contributed by atoms with Crippen LogP contribution in [0.5, 0.6) is 5.75 Å². The van der Waals surface area contributed by atoms with Crippen molar-refractivity contribution in [2.24, 2.45) is 0 Å². The van der Waals surface area contributed by atoms with E-state index in [9.17, 15) is 13.2 Å². The van der Waals surface area contributed by atoms with Crippen molar-refractivity contribution in [1.29, 1.82) is 0 Å². The van der Waals surface area contributed by atoms with Crippen LogP contribution < -0.4 is 9.46 Å². The molecule has 1 N–H and O–H groups in total. The number of rotatable bonds is 6. The van der Waals surface area contributed by atoms with Crippen LogP contribution in [0.3, 0.4) is 0 Å². The van der Waals surface area contributed by atoms with Crippen molar-refractivity contribution in [2.45, 2.75) is 31.7 Å². The van der Waals surface area contributed by atoms with Crippen LogP contribution in [0.25, 0.3) is 0 Å². The predicted octanol–water partition coefficient (Wildman–Crippen LogP) is 1.17. The highest BCUT2D eigenvalue weighted by molar-refractivity contribution is 7.88. The van der Waals surface area contributed by atoms with E-state index in [0.29, 0.717) is 13.0 Å². The van der Waals surface area contributed by atoms with E-state index in [2.05, 4.69) is 4.72 Å². The first-order chi connectivity index (χ1) is 10.9. The SMILES string of the molecule is COc1cccc(CC(=O)N2CCCC[C@@H]2CNS(C)(=O)=O)c1. The summed E-state index contributed by atoms with van der Waals surface area (Å²) < 4.78 is 30.3. The largest absolute Gasteiger partial charge is 0.497 e. The van der Waals surface area contributed by atoms with Gasteiger partial charge in [-0.1, -0.05) is 12.1 Å². The van der Waals surface area contributed by atoms with Crippen molar-refractivity contribution in [3.8, 4) is 5.75 Å². The molecule has 1 saturated heterocycles. The van der Waals surface area contributed by atoms with E-state index in [0.717, 1.165) is 36.8 Å². The molecule has 6 nitrogen and oxygen atoms in total. The third-order valence-electron chi connectivity index (χ3n) is 4.02. The first kappa shape index (κ1) is 17.7. The quantitative estimate of drug-likeness (QED) is 0.843. The molecule has 1 heterocycles. The van der Waals surface area contributed by atoms with E-state index in [1.807, 2.05) is 24.3 Å². The van der Waals surface area contributed by atoms with Crippen molar-refractivity contribution in [2.75, 3.05) is 26.5 Å². The standard InChI is InChI=1S/C16H24N2O4S/c1-22-15-8-5-6-13(10-15)11-16(19)18-9-4-3-7-14(18)12-17-23(2,20)21/h5-6,8,10,14,17H,3-4,7,9,11-12H2,1-2H3/t14-/m1/s1. The lowest BCUT2D eigenvalue weighted by Crippen LogP contribution is -2.49. The fraction of sp³-hybridized carbons (Fsp3) is 0.562. The van der Waals surface area contributed by atoms with Gasteiger partial charge >= 0.3 is 0 Å². The van der Waals surface area contributed by atoms with Gasteiger partial charge in [0.05, 0.1) is 19.8 Å². The Morgan fingerprint density at radius 1 is 1.39 bits per heavy atom. The maximum Gasteiger partial charge on any atom is 0.227 e. The molecule has 1 atom stereocenters. The van der Waals surface area contributed by atoms with E-state index >= 15 is 0 Å². The lowest BCUT2D eigenvalue weighted by atomic mass is 10.0. The van der Waals surface area contributed by atoms with Gasteiger partial charge in [-0.15, -0.1) is 0 Å². The van der Waals surface area contributed by atoms with E-state index < -0.39 is 10.0 Å². The minimum absolute atomic E-state index is 0.0262. The molecule has 0 bridgehead atoms. The van der Waals surface area contributed by atoms with Crippen LogP contribution in [-0.2, 0) is 21.2 Å². The molecule has 0 aromatic heterocycles. The molecule has 1 aromatic carbocycles. The zero-order chi connectivity index (χ0) is 16.9. The van der Waals surface area contributed by atoms with E-state index in [1.54, 1.807) is 12.0 Å². The number of ether oxygens (including phenoxy) is 1. The summed E-state index contributed by atoms with van der Waals surface area (Å²) in [5.74, 6) is 0.752. The smallest absolute Gasteiger partial charge is 0.227 e. The lowest BCUT2D eigenvalue weighted by Gasteiger charge is -2.36. The van der Waals surface area contributed by atoms with E-state index in [4.69, 9.17) is 4.74 Å². The number of carbonyl (C=O) groups is 1. The van der Waals surface area contributed by atoms with Gasteiger partial charge < -0.3 is 9.64 Å². The second-order valence-corrected chi connectivity index (χ2v) is 7.72. The third-order valence-corrected chi connectivity index (χ3v) is 4.71. The van der Waals surface area contributed by atoms with Gasteiger partial charge in [-0.3, -0.25) is 4.79 Å². The maximum absolute atomic E-state index is 12.6. The molecular weight excluding hydrogens is 316 g/mol. The van der Waals surface area contributed by atoms with Crippen LogP contribution >= 0.6 is 0 Å². The van der Waals surface area contributed by atoms with Gasteiger partial charge in [-0.05, 0) is 37.0 Å². The number of amides is 1. The normalized spacial score (nSPS) is 18.7. The van der Waals surface area contributed by atoms with Crippen LogP contribution in [0.2, 0.25) is 0 Å². The molecule has 1 amide bonds. The van der Waals surface area contributed by atoms with Gasteiger partial charge in [0.15, 0.2) is 0 Å². The third kappa shape index (κ3) is 5.51. The number of piperidine rings is 1. The van der Waals surface area contributed by atoms with Crippen molar-refractivity contribution in [3.63, 3.8) is 0 Å². The number of nitrogens with one attached hydrogen (secondary N) is 1. The minimum atomic E-state index is -3.25. The molecular formula is C16H24N2O4S. The van der Waals surface area contributed by atoms with Gasteiger partial charge in [-0.25, -0.2) is 13.1 Å². The Morgan fingerprint density at radius 3 is 2.87 bits per heavy atom. The Kier molecular flexibility index (Phi) is 6.01. The number of sulfonamides is 1. The van der Waals surface area contributed by atoms with Crippen LogP contribution in [0.15, 0.2) is 24.3 Å². The van der Waals surface area contributed by atoms with Gasteiger partial charge in [-0.2, -0.15) is 0 Å². The molecule has 2 rings (SSSR count). The number of methoxy groups -OCH3 is 1. The molecule has 1 fully saturated rings. The predicted molar refractivity (Wildman–Crippen MR) is 88.9 cm³/mol. The highest BCUT2D eigenvalue weighted by Gasteiger charge is 2.27. The minimum Gasteiger partial charge on any atom is -0.497 e. The Morgan fingerprint density at radius 2 is 2.17 bits per heavy atom. The number of carbonyl (C=O) groups excluding carboxylic acids is 1. The topological polar surface area (TPSA) is 75.7 Å². The van der Waals surface area contributed by atoms with Crippen molar-refractivity contribution >= 4 is 15.9 Å². The number of benzene rings is 1. The molecule has 1 aliphatic rings. The maximum atomic E-state index is 12.6. The highest BCUT2D eigenvalue weighted by Crippen LogP contribution is 2.19. The summed E-state index contributed by atoms with van der Waals surface area (Å²) in [5.41, 5.74) is 0.898. The molecule has 23 heavy (non-hydrogen) atoms. The van der Waals surface area contributed by atoms with Crippen molar-refractivity contribution in [3.05, 3.63) is 29.8 Å². The van der Waals surface area contributed by atoms with Crippen molar-refractivity contribution < 1.29 is 17.9 Å². The lowest BCUT2D eigenvalue weighted by molar-refractivity contribution is -0.133. The second-order valence-electron chi connectivity index (χ2n) is 5.89. The Hall–Kier alpha value is -1.60. The number of hydrogen-bond donors (Lipinski definition) is 1. The molecule has 0 aliphatic carbocycles. The van der Waals surface area contributed by atoms with Gasteiger partial charge in [0.2, 0.25) is 15.9 Å². The Bertz CT molecular complexity index is 645. The monoisotopic (exact) mass is 340 g/mol. The Balaban J connectivity index is 2.02. The fourth-order valence-electron chi connectivity index (χ4n) is 2.85. The van der Waals surface area contributed by atoms with E-state index in [1.165, 1.54) is 0 Å². The molecule has 0 spiro atoms. The molecule has 0 unspecified atom stereocenters. The fourth-order valence-corrected chi connectivity index (χ4v) is 3.34. The van der Waals surface area contributed by atoms with Crippen LogP contribution in [-0.4, -0.2) is 51.7 Å². The van der Waals surface area contributed by atoms with Gasteiger partial charge in [0.1, 0.15) is 5.75 Å². The first-order valence-corrected chi connectivity index (χ1v) is 9.65. The molecule has 0 radical (unpaired) electrons. The zero-order valence-corrected chi connectivity index (χ0v) is 14.4. The average Bonchev–Trinajstić information content (AvgIpc) is 2.52. The summed E-state index contributed by atoms with van der Waals surface area (Å²) in [6.07, 6.45) is 4.23. The molecule has 7 heteroatoms. The summed E-state index contributed by atoms with van der Waals surface area (Å²) in [6, 6.07) is 7.38. The zero-order valence-electron chi connectivity index (χ0n) is 13.6. The summed E-state index contributed by atoms with van der Waals surface area (Å²) in [7, 11) is -1.65. The molecule has 1 aliphatic heterocycles. The summed E-state index contributed by atoms with van der Waals surface area (Å²) in [6.45, 7) is 0.960. The number of hydrogen-bond acceptors (Lipinski definition) is 4. The van der Waals surface area contributed by atoms with Gasteiger partial charge in [0.25, 0.3) is 0 Å². The molecule has 128 valence electrons. The number of nitrogens with zero attached hydrogens (tertiary/aromatic N) is 1. The highest BCUT2D eigenvalue weighted by atomic mass is 32.2. The Labute approximate surface area is 137 Å². The molecule has 0 saturated carbocycles.